The summed E-state index contributed by atoms with van der Waals surface area (Å²) >= 11 is 4.16. The molecule has 3 rings (SSSR count). The summed E-state index contributed by atoms with van der Waals surface area (Å²) in [6.07, 6.45) is 1.37. The Morgan fingerprint density at radius 2 is 2.10 bits per heavy atom. The number of benzene rings is 1. The van der Waals surface area contributed by atoms with Crippen molar-refractivity contribution in [1.29, 1.82) is 0 Å². The Morgan fingerprint density at radius 1 is 1.35 bits per heavy atom. The summed E-state index contributed by atoms with van der Waals surface area (Å²) in [5.41, 5.74) is 9.22. The van der Waals surface area contributed by atoms with E-state index < -0.39 is 5.91 Å². The molecular weight excluding hydrogens is 632 g/mol. The van der Waals surface area contributed by atoms with E-state index in [2.05, 4.69) is 63.3 Å². The van der Waals surface area contributed by atoms with Gasteiger partial charge in [-0.3, -0.25) is 9.69 Å². The maximum atomic E-state index is 12.8. The van der Waals surface area contributed by atoms with Crippen LogP contribution in [0.2, 0.25) is 0 Å². The number of anilines is 1. The van der Waals surface area contributed by atoms with Crippen LogP contribution >= 0.6 is 45.2 Å². The van der Waals surface area contributed by atoms with E-state index in [1.165, 1.54) is 10.9 Å². The van der Waals surface area contributed by atoms with E-state index in [0.29, 0.717) is 21.4 Å². The van der Waals surface area contributed by atoms with Crippen LogP contribution in [0.3, 0.4) is 0 Å². The Kier molecular flexibility index (Phi) is 7.76. The monoisotopic (exact) mass is 651 g/mol. The van der Waals surface area contributed by atoms with Gasteiger partial charge in [0.05, 0.1) is 15.5 Å². The van der Waals surface area contributed by atoms with Crippen LogP contribution in [0.5, 0.6) is 5.75 Å². The molecule has 0 spiro atoms. The van der Waals surface area contributed by atoms with Gasteiger partial charge in [0, 0.05) is 15.7 Å². The average molecular weight is 651 g/mol. The van der Waals surface area contributed by atoms with Gasteiger partial charge in [-0.2, -0.15) is 9.78 Å². The standard InChI is InChI=1S/C17H19I2N9O3/c1-3-27(4-2)8-12-13(22-26-28(12)16-15(20)24-31-25-16)17(30)23-21-7-9-5-10(18)6-11(19)14(9)29/h5-7,29H,3-4,8H2,1-2H3,(H2,20,24)(H,23,30)/b21-7-. The van der Waals surface area contributed by atoms with Gasteiger partial charge in [-0.1, -0.05) is 19.1 Å². The molecule has 2 aromatic heterocycles. The number of phenols is 1. The van der Waals surface area contributed by atoms with E-state index in [9.17, 15) is 9.90 Å². The summed E-state index contributed by atoms with van der Waals surface area (Å²) in [6, 6.07) is 3.57. The lowest BCUT2D eigenvalue weighted by molar-refractivity contribution is 0.0948. The molecule has 0 saturated carbocycles. The molecule has 0 aliphatic rings. The Balaban J connectivity index is 1.88. The van der Waals surface area contributed by atoms with E-state index in [-0.39, 0.29) is 23.1 Å². The lowest BCUT2D eigenvalue weighted by Crippen LogP contribution is -2.27. The van der Waals surface area contributed by atoms with Crippen molar-refractivity contribution in [3.63, 3.8) is 0 Å². The minimum atomic E-state index is -0.570. The maximum absolute atomic E-state index is 12.8. The van der Waals surface area contributed by atoms with E-state index in [1.54, 1.807) is 6.07 Å². The summed E-state index contributed by atoms with van der Waals surface area (Å²) < 4.78 is 7.59. The molecule has 0 saturated heterocycles. The number of rotatable bonds is 8. The number of nitrogens with one attached hydrogen (secondary N) is 1. The molecule has 0 unspecified atom stereocenters. The topological polar surface area (TPSA) is 161 Å². The number of aromatic hydroxyl groups is 1. The smallest absolute Gasteiger partial charge is 0.293 e. The number of halogens is 2. The number of hydrogen-bond donors (Lipinski definition) is 3. The van der Waals surface area contributed by atoms with Crippen LogP contribution in [-0.4, -0.2) is 60.5 Å². The molecule has 0 atom stereocenters. The molecule has 4 N–H and O–H groups in total. The van der Waals surface area contributed by atoms with Gasteiger partial charge < -0.3 is 10.8 Å². The van der Waals surface area contributed by atoms with Crippen LogP contribution in [-0.2, 0) is 6.54 Å². The minimum Gasteiger partial charge on any atom is -0.506 e. The predicted molar refractivity (Wildman–Crippen MR) is 129 cm³/mol. The highest BCUT2D eigenvalue weighted by Gasteiger charge is 2.25. The second-order valence-corrected chi connectivity index (χ2v) is 8.66. The highest BCUT2D eigenvalue weighted by atomic mass is 127. The third kappa shape index (κ3) is 5.29. The number of nitrogens with zero attached hydrogens (tertiary/aromatic N) is 7. The Bertz CT molecular complexity index is 1110. The largest absolute Gasteiger partial charge is 0.506 e. The number of hydrazone groups is 1. The van der Waals surface area contributed by atoms with Crippen molar-refractivity contribution in [2.24, 2.45) is 5.10 Å². The van der Waals surface area contributed by atoms with E-state index in [4.69, 9.17) is 5.73 Å². The first-order chi connectivity index (χ1) is 14.8. The van der Waals surface area contributed by atoms with Crippen molar-refractivity contribution < 1.29 is 14.5 Å². The highest BCUT2D eigenvalue weighted by Crippen LogP contribution is 2.25. The van der Waals surface area contributed by atoms with Gasteiger partial charge in [0.2, 0.25) is 11.6 Å². The third-order valence-corrected chi connectivity index (χ3v) is 5.81. The Morgan fingerprint density at radius 3 is 2.74 bits per heavy atom. The minimum absolute atomic E-state index is 0.0273. The zero-order valence-corrected chi connectivity index (χ0v) is 20.9. The lowest BCUT2D eigenvalue weighted by Gasteiger charge is -2.18. The fourth-order valence-electron chi connectivity index (χ4n) is 2.68. The van der Waals surface area contributed by atoms with E-state index in [0.717, 1.165) is 16.7 Å². The third-order valence-electron chi connectivity index (χ3n) is 4.37. The van der Waals surface area contributed by atoms with E-state index >= 15 is 0 Å². The number of carbonyl (C=O) groups is 1. The van der Waals surface area contributed by atoms with Crippen LogP contribution < -0.4 is 11.2 Å². The fraction of sp³-hybridized carbons (Fsp3) is 0.294. The molecule has 2 heterocycles. The van der Waals surface area contributed by atoms with Gasteiger partial charge >= 0.3 is 0 Å². The van der Waals surface area contributed by atoms with Gasteiger partial charge in [-0.25, -0.2) is 10.1 Å². The van der Waals surface area contributed by atoms with Crippen molar-refractivity contribution in [2.45, 2.75) is 20.4 Å². The van der Waals surface area contributed by atoms with Gasteiger partial charge in [-0.15, -0.1) is 5.10 Å². The van der Waals surface area contributed by atoms with Crippen LogP contribution in [0.25, 0.3) is 5.82 Å². The second-order valence-electron chi connectivity index (χ2n) is 6.26. The number of nitrogen functional groups attached to an aromatic ring is 1. The van der Waals surface area contributed by atoms with Gasteiger partial charge in [0.15, 0.2) is 5.69 Å². The number of hydrogen-bond acceptors (Lipinski definition) is 10. The predicted octanol–water partition coefficient (Wildman–Crippen LogP) is 1.75. The van der Waals surface area contributed by atoms with Crippen LogP contribution in [0.1, 0.15) is 35.6 Å². The molecule has 3 aromatic rings. The molecular formula is C17H19I2N9O3. The van der Waals surface area contributed by atoms with Crippen molar-refractivity contribution in [2.75, 3.05) is 18.8 Å². The molecule has 1 aromatic carbocycles. The first kappa shape index (κ1) is 23.3. The summed E-state index contributed by atoms with van der Waals surface area (Å²) in [5.74, 6) is -0.310. The maximum Gasteiger partial charge on any atom is 0.293 e. The quantitative estimate of drug-likeness (QED) is 0.187. The number of phenolic OH excluding ortho intramolecular Hbond substituents is 1. The van der Waals surface area contributed by atoms with Crippen molar-refractivity contribution in [1.82, 2.24) is 35.6 Å². The molecule has 14 heteroatoms. The van der Waals surface area contributed by atoms with Crippen molar-refractivity contribution in [3.05, 3.63) is 36.2 Å². The molecule has 164 valence electrons. The second kappa shape index (κ2) is 10.3. The lowest BCUT2D eigenvalue weighted by atomic mass is 10.2. The molecule has 0 radical (unpaired) electrons. The first-order valence-electron chi connectivity index (χ1n) is 9.12. The molecule has 12 nitrogen and oxygen atoms in total. The highest BCUT2D eigenvalue weighted by molar-refractivity contribution is 14.1. The number of carbonyl (C=O) groups excluding carboxylic acids is 1. The summed E-state index contributed by atoms with van der Waals surface area (Å²) in [4.78, 5) is 14.9. The molecule has 31 heavy (non-hydrogen) atoms. The van der Waals surface area contributed by atoms with Crippen LogP contribution in [0, 0.1) is 7.14 Å². The zero-order chi connectivity index (χ0) is 22.5. The molecule has 0 aliphatic carbocycles. The van der Waals surface area contributed by atoms with Gasteiger partial charge in [0.1, 0.15) is 5.75 Å². The molecule has 1 amide bonds. The fourth-order valence-corrected chi connectivity index (χ4v) is 4.57. The van der Waals surface area contributed by atoms with Gasteiger partial charge in [0.25, 0.3) is 5.91 Å². The summed E-state index contributed by atoms with van der Waals surface area (Å²) in [7, 11) is 0. The van der Waals surface area contributed by atoms with Crippen LogP contribution in [0.15, 0.2) is 21.9 Å². The molecule has 0 aliphatic heterocycles. The number of nitrogens with two attached hydrogens (primary N) is 1. The summed E-state index contributed by atoms with van der Waals surface area (Å²) in [6.45, 7) is 5.87. The van der Waals surface area contributed by atoms with Gasteiger partial charge in [-0.05, 0) is 80.7 Å². The number of aromatic nitrogens is 5. The Labute approximate surface area is 204 Å². The normalized spacial score (nSPS) is 11.5. The Hall–Kier alpha value is -2.34. The van der Waals surface area contributed by atoms with Crippen LogP contribution in [0.4, 0.5) is 5.82 Å². The van der Waals surface area contributed by atoms with Crippen molar-refractivity contribution in [3.8, 4) is 11.6 Å². The first-order valence-corrected chi connectivity index (χ1v) is 11.3. The molecule has 0 bridgehead atoms. The average Bonchev–Trinajstić information content (AvgIpc) is 3.34. The molecule has 0 fully saturated rings. The SMILES string of the molecule is CCN(CC)Cc1c(C(=O)N/N=C\c2cc(I)cc(I)c2O)nnn1-c1nonc1N. The van der Waals surface area contributed by atoms with Crippen molar-refractivity contribution >= 4 is 63.1 Å². The zero-order valence-electron chi connectivity index (χ0n) is 16.6. The van der Waals surface area contributed by atoms with E-state index in [1.807, 2.05) is 42.5 Å². The summed E-state index contributed by atoms with van der Waals surface area (Å²) in [5, 5.41) is 29.4. The number of amides is 1.